The zero-order valence-corrected chi connectivity index (χ0v) is 18.5. The predicted octanol–water partition coefficient (Wildman–Crippen LogP) is 3.51. The summed E-state index contributed by atoms with van der Waals surface area (Å²) in [7, 11) is 0. The second kappa shape index (κ2) is 9.57. The number of aryl methyl sites for hydroxylation is 1. The summed E-state index contributed by atoms with van der Waals surface area (Å²) in [5.41, 5.74) is 7.73. The van der Waals surface area contributed by atoms with E-state index in [0.717, 1.165) is 11.1 Å². The van der Waals surface area contributed by atoms with E-state index in [2.05, 4.69) is 36.9 Å². The van der Waals surface area contributed by atoms with E-state index in [1.165, 1.54) is 0 Å². The van der Waals surface area contributed by atoms with Crippen LogP contribution in [0.5, 0.6) is 0 Å². The molecule has 0 aliphatic carbocycles. The number of amides is 3. The molecule has 6 heteroatoms. The third-order valence-corrected chi connectivity index (χ3v) is 4.94. The molecule has 0 radical (unpaired) electrons. The van der Waals surface area contributed by atoms with Crippen LogP contribution in [0.15, 0.2) is 48.5 Å². The molecule has 0 spiro atoms. The summed E-state index contributed by atoms with van der Waals surface area (Å²) in [4.78, 5) is 37.6. The van der Waals surface area contributed by atoms with E-state index in [9.17, 15) is 14.4 Å². The van der Waals surface area contributed by atoms with Gasteiger partial charge >= 0.3 is 0 Å². The van der Waals surface area contributed by atoms with Gasteiger partial charge in [-0.15, -0.1) is 0 Å². The smallest absolute Gasteiger partial charge is 0.269 e. The first-order chi connectivity index (χ1) is 14.0. The molecule has 2 aromatic carbocycles. The molecule has 30 heavy (non-hydrogen) atoms. The van der Waals surface area contributed by atoms with Crippen LogP contribution in [0.4, 0.5) is 0 Å². The molecule has 0 saturated carbocycles. The van der Waals surface area contributed by atoms with Crippen molar-refractivity contribution in [3.05, 3.63) is 70.8 Å². The van der Waals surface area contributed by atoms with Crippen LogP contribution < -0.4 is 16.2 Å². The van der Waals surface area contributed by atoms with Crippen molar-refractivity contribution in [2.75, 3.05) is 0 Å². The van der Waals surface area contributed by atoms with Gasteiger partial charge in [0.25, 0.3) is 17.7 Å². The van der Waals surface area contributed by atoms with Gasteiger partial charge in [-0.2, -0.15) is 0 Å². The summed E-state index contributed by atoms with van der Waals surface area (Å²) in [5.74, 6) is -1.39. The fraction of sp³-hybridized carbons (Fsp3) is 0.375. The first-order valence-corrected chi connectivity index (χ1v) is 10.1. The maximum absolute atomic E-state index is 12.6. The molecule has 3 N–H and O–H groups in total. The average Bonchev–Trinajstić information content (AvgIpc) is 2.69. The molecule has 2 aromatic rings. The van der Waals surface area contributed by atoms with E-state index in [1.807, 2.05) is 45.0 Å². The van der Waals surface area contributed by atoms with Gasteiger partial charge in [0.1, 0.15) is 6.04 Å². The van der Waals surface area contributed by atoms with Crippen molar-refractivity contribution >= 4 is 17.7 Å². The molecular formula is C24H31N3O3. The lowest BCUT2D eigenvalue weighted by atomic mass is 9.87. The zero-order valence-electron chi connectivity index (χ0n) is 18.5. The Hall–Kier alpha value is -3.15. The van der Waals surface area contributed by atoms with E-state index in [1.54, 1.807) is 24.3 Å². The van der Waals surface area contributed by atoms with Crippen LogP contribution in [0, 0.1) is 12.8 Å². The standard InChI is InChI=1S/C24H31N3O3/c1-15(2)20(25-22(29)19-10-8-7-9-16(19)3)23(30)27-26-21(28)17-11-13-18(14-12-17)24(4,5)6/h7-15,20H,1-6H3,(H,25,29)(H,26,28)(H,27,30)/t20-/m0/s1. The van der Waals surface area contributed by atoms with Gasteiger partial charge in [-0.1, -0.05) is 65.0 Å². The molecule has 0 saturated heterocycles. The second-order valence-electron chi connectivity index (χ2n) is 8.78. The fourth-order valence-corrected chi connectivity index (χ4v) is 2.97. The molecule has 0 aliphatic heterocycles. The van der Waals surface area contributed by atoms with Gasteiger partial charge in [0.05, 0.1) is 0 Å². The third kappa shape index (κ3) is 5.92. The maximum Gasteiger partial charge on any atom is 0.269 e. The minimum atomic E-state index is -0.791. The molecule has 0 fully saturated rings. The minimum Gasteiger partial charge on any atom is -0.340 e. The van der Waals surface area contributed by atoms with Crippen LogP contribution in [0.25, 0.3) is 0 Å². The van der Waals surface area contributed by atoms with Crippen LogP contribution >= 0.6 is 0 Å². The first-order valence-electron chi connectivity index (χ1n) is 10.1. The number of carbonyl (C=O) groups is 3. The monoisotopic (exact) mass is 409 g/mol. The largest absolute Gasteiger partial charge is 0.340 e. The summed E-state index contributed by atoms with van der Waals surface area (Å²) in [6.07, 6.45) is 0. The van der Waals surface area contributed by atoms with E-state index >= 15 is 0 Å². The van der Waals surface area contributed by atoms with Gasteiger partial charge in [0.2, 0.25) is 0 Å². The molecule has 1 atom stereocenters. The lowest BCUT2D eigenvalue weighted by Crippen LogP contribution is -2.54. The summed E-state index contributed by atoms with van der Waals surface area (Å²) >= 11 is 0. The number of hydrogen-bond donors (Lipinski definition) is 3. The summed E-state index contributed by atoms with van der Waals surface area (Å²) in [5, 5.41) is 2.76. The molecule has 160 valence electrons. The van der Waals surface area contributed by atoms with Crippen molar-refractivity contribution in [1.29, 1.82) is 0 Å². The lowest BCUT2D eigenvalue weighted by Gasteiger charge is -2.22. The van der Waals surface area contributed by atoms with Crippen molar-refractivity contribution in [2.24, 2.45) is 5.92 Å². The van der Waals surface area contributed by atoms with Crippen molar-refractivity contribution in [1.82, 2.24) is 16.2 Å². The SMILES string of the molecule is Cc1ccccc1C(=O)N[C@H](C(=O)NNC(=O)c1ccc(C(C)(C)C)cc1)C(C)C. The van der Waals surface area contributed by atoms with Crippen LogP contribution in [0.1, 0.15) is 66.5 Å². The topological polar surface area (TPSA) is 87.3 Å². The quantitative estimate of drug-likeness (QED) is 0.661. The Morgan fingerprint density at radius 3 is 1.97 bits per heavy atom. The van der Waals surface area contributed by atoms with Crippen molar-refractivity contribution in [3.63, 3.8) is 0 Å². The van der Waals surface area contributed by atoms with Gasteiger partial charge < -0.3 is 5.32 Å². The van der Waals surface area contributed by atoms with E-state index < -0.39 is 17.9 Å². The van der Waals surface area contributed by atoms with Crippen LogP contribution in [0.2, 0.25) is 0 Å². The van der Waals surface area contributed by atoms with E-state index in [0.29, 0.717) is 11.1 Å². The van der Waals surface area contributed by atoms with Crippen molar-refractivity contribution in [3.8, 4) is 0 Å². The van der Waals surface area contributed by atoms with Crippen molar-refractivity contribution < 1.29 is 14.4 Å². The molecule has 0 bridgehead atoms. The van der Waals surface area contributed by atoms with Crippen molar-refractivity contribution in [2.45, 2.75) is 53.0 Å². The highest BCUT2D eigenvalue weighted by molar-refractivity contribution is 5.99. The molecule has 0 aliphatic rings. The molecule has 6 nitrogen and oxygen atoms in total. The summed E-state index contributed by atoms with van der Waals surface area (Å²) < 4.78 is 0. The lowest BCUT2D eigenvalue weighted by molar-refractivity contribution is -0.124. The zero-order chi connectivity index (χ0) is 22.5. The Morgan fingerprint density at radius 2 is 1.43 bits per heavy atom. The Kier molecular flexibility index (Phi) is 7.38. The molecule has 0 heterocycles. The maximum atomic E-state index is 12.6. The molecular weight excluding hydrogens is 378 g/mol. The molecule has 2 rings (SSSR count). The van der Waals surface area contributed by atoms with Crippen LogP contribution in [-0.4, -0.2) is 23.8 Å². The van der Waals surface area contributed by atoms with Gasteiger partial charge in [0.15, 0.2) is 0 Å². The van der Waals surface area contributed by atoms with Crippen LogP contribution in [-0.2, 0) is 10.2 Å². The highest BCUT2D eigenvalue weighted by Crippen LogP contribution is 2.22. The number of carbonyl (C=O) groups excluding carboxylic acids is 3. The normalized spacial score (nSPS) is 12.2. The van der Waals surface area contributed by atoms with E-state index in [4.69, 9.17) is 0 Å². The molecule has 0 unspecified atom stereocenters. The Labute approximate surface area is 178 Å². The predicted molar refractivity (Wildman–Crippen MR) is 118 cm³/mol. The fourth-order valence-electron chi connectivity index (χ4n) is 2.97. The van der Waals surface area contributed by atoms with Crippen LogP contribution in [0.3, 0.4) is 0 Å². The summed E-state index contributed by atoms with van der Waals surface area (Å²) in [6.45, 7) is 11.8. The first kappa shape index (κ1) is 23.1. The van der Waals surface area contributed by atoms with Gasteiger partial charge in [-0.3, -0.25) is 25.2 Å². The highest BCUT2D eigenvalue weighted by Gasteiger charge is 2.25. The summed E-state index contributed by atoms with van der Waals surface area (Å²) in [6, 6.07) is 13.6. The second-order valence-corrected chi connectivity index (χ2v) is 8.78. The highest BCUT2D eigenvalue weighted by atomic mass is 16.2. The Bertz CT molecular complexity index is 912. The van der Waals surface area contributed by atoms with Gasteiger partial charge in [-0.25, -0.2) is 0 Å². The number of hydrogen-bond acceptors (Lipinski definition) is 3. The minimum absolute atomic E-state index is 0.0109. The average molecular weight is 410 g/mol. The van der Waals surface area contributed by atoms with Gasteiger partial charge in [-0.05, 0) is 47.6 Å². The molecule has 0 aromatic heterocycles. The number of rotatable bonds is 5. The molecule has 3 amide bonds. The number of nitrogens with one attached hydrogen (secondary N) is 3. The Balaban J connectivity index is 2.00. The van der Waals surface area contributed by atoms with Gasteiger partial charge in [0, 0.05) is 11.1 Å². The number of hydrazine groups is 1. The number of benzene rings is 2. The third-order valence-electron chi connectivity index (χ3n) is 4.94. The van der Waals surface area contributed by atoms with E-state index in [-0.39, 0.29) is 17.2 Å². The Morgan fingerprint density at radius 1 is 0.833 bits per heavy atom.